The van der Waals surface area contributed by atoms with Gasteiger partial charge >= 0.3 is 0 Å². The first-order valence-corrected chi connectivity index (χ1v) is 29.2. The van der Waals surface area contributed by atoms with E-state index in [9.17, 15) is 24.0 Å². The number of nitrogens with one attached hydrogen (secondary N) is 3. The summed E-state index contributed by atoms with van der Waals surface area (Å²) in [5.74, 6) is -0.359. The summed E-state index contributed by atoms with van der Waals surface area (Å²) in [6.07, 6.45) is 4.83. The van der Waals surface area contributed by atoms with Gasteiger partial charge in [-0.15, -0.1) is 22.7 Å². The first-order valence-electron chi connectivity index (χ1n) is 27.5. The normalized spacial score (nSPS) is 16.8. The Morgan fingerprint density at radius 3 is 2.15 bits per heavy atom. The predicted octanol–water partition coefficient (Wildman–Crippen LogP) is 7.93. The number of ether oxygens (including phenoxy) is 3. The highest BCUT2D eigenvalue weighted by atomic mass is 32.1. The lowest BCUT2D eigenvalue weighted by atomic mass is 9.85. The van der Waals surface area contributed by atoms with Crippen LogP contribution in [0.2, 0.25) is 0 Å². The third kappa shape index (κ3) is 14.5. The minimum atomic E-state index is -0.820. The highest BCUT2D eigenvalue weighted by Gasteiger charge is 2.42. The number of pyridine rings is 1. The lowest BCUT2D eigenvalue weighted by Crippen LogP contribution is -2.57. The minimum absolute atomic E-state index is 0.0829. The summed E-state index contributed by atoms with van der Waals surface area (Å²) in [4.78, 5) is 90.9. The van der Waals surface area contributed by atoms with Gasteiger partial charge in [-0.1, -0.05) is 87.5 Å². The number of hydrogen-bond acceptors (Lipinski definition) is 15. The number of hydrogen-bond donors (Lipinski definition) is 3. The van der Waals surface area contributed by atoms with Crippen LogP contribution in [0.4, 0.5) is 10.9 Å². The monoisotopic (exact) mass is 1120 g/mol. The number of thiazole rings is 2. The standard InChI is InChI=1S/C60H72N10O8S2/c1-40(42-13-15-44(16-14-42)53-41(2)63-39-80-53)64-55(72)49-12-9-23-69(49)58(75)54(60(3,4)5)65-51(71)21-29-76-31-33-78-34-32-77-30-28-67-24-26-68(27-25-67)50-20-19-46(37-62-50)45-17-18-47-38-70(57(74)48(47)36-45)52(43-10-7-6-8-11-43)56(73)66-59-61-22-35-79-59/h6-8,10-11,13-20,22,35-37,39-40,49,52,54H,9,12,21,23-34,38H2,1-5H3,(H,64,72)(H,65,71)(H,61,66,73)/t40-,49-,52?,54?/m0/s1. The van der Waals surface area contributed by atoms with Gasteiger partial charge in [0, 0.05) is 81.1 Å². The van der Waals surface area contributed by atoms with Crippen LogP contribution in [-0.4, -0.2) is 150 Å². The summed E-state index contributed by atoms with van der Waals surface area (Å²) in [5, 5.41) is 11.2. The van der Waals surface area contributed by atoms with Crippen molar-refractivity contribution in [3.8, 4) is 21.6 Å². The van der Waals surface area contributed by atoms with Crippen LogP contribution < -0.4 is 20.9 Å². The largest absolute Gasteiger partial charge is 0.379 e. The summed E-state index contributed by atoms with van der Waals surface area (Å²) < 4.78 is 17.3. The summed E-state index contributed by atoms with van der Waals surface area (Å²) in [7, 11) is 0. The number of likely N-dealkylation sites (tertiary alicyclic amines) is 1. The fourth-order valence-electron chi connectivity index (χ4n) is 10.4. The van der Waals surface area contributed by atoms with Crippen LogP contribution in [0, 0.1) is 12.3 Å². The predicted molar refractivity (Wildman–Crippen MR) is 310 cm³/mol. The van der Waals surface area contributed by atoms with Gasteiger partial charge in [-0.2, -0.15) is 0 Å². The molecule has 0 aliphatic carbocycles. The molecule has 2 fully saturated rings. The molecule has 0 saturated carbocycles. The zero-order valence-corrected chi connectivity index (χ0v) is 47.9. The highest BCUT2D eigenvalue weighted by Crippen LogP contribution is 2.36. The van der Waals surface area contributed by atoms with E-state index in [1.54, 1.807) is 32.7 Å². The molecule has 0 radical (unpaired) electrons. The van der Waals surface area contributed by atoms with E-state index in [1.165, 1.54) is 11.3 Å². The number of carbonyl (C=O) groups is 5. The average molecular weight is 1130 g/mol. The zero-order chi connectivity index (χ0) is 56.2. The molecular weight excluding hydrogens is 1050 g/mol. The first-order chi connectivity index (χ1) is 38.7. The van der Waals surface area contributed by atoms with E-state index < -0.39 is 23.5 Å². The molecule has 3 aliphatic rings. The van der Waals surface area contributed by atoms with Crippen LogP contribution in [0.5, 0.6) is 0 Å². The molecule has 3 aromatic heterocycles. The van der Waals surface area contributed by atoms with Crippen LogP contribution in [-0.2, 0) is 39.9 Å². The number of benzene rings is 3. The first kappa shape index (κ1) is 57.7. The Balaban J connectivity index is 0.627. The van der Waals surface area contributed by atoms with E-state index in [4.69, 9.17) is 19.2 Å². The van der Waals surface area contributed by atoms with E-state index in [0.717, 1.165) is 82.5 Å². The molecule has 6 aromatic rings. The van der Waals surface area contributed by atoms with E-state index in [2.05, 4.69) is 35.7 Å². The number of aryl methyl sites for hydroxylation is 1. The van der Waals surface area contributed by atoms with E-state index in [0.29, 0.717) is 69.7 Å². The Labute approximate surface area is 476 Å². The summed E-state index contributed by atoms with van der Waals surface area (Å²) in [6, 6.07) is 24.9. The third-order valence-electron chi connectivity index (χ3n) is 14.9. The van der Waals surface area contributed by atoms with Gasteiger partial charge < -0.3 is 39.5 Å². The number of carbonyl (C=O) groups excluding carboxylic acids is 5. The maximum absolute atomic E-state index is 14.1. The van der Waals surface area contributed by atoms with E-state index in [1.807, 2.05) is 131 Å². The fraction of sp³-hybridized carbons (Fsp3) is 0.433. The maximum Gasteiger partial charge on any atom is 0.255 e. The molecule has 9 rings (SSSR count). The van der Waals surface area contributed by atoms with Crippen molar-refractivity contribution < 1.29 is 38.2 Å². The van der Waals surface area contributed by atoms with Crippen molar-refractivity contribution in [3.63, 3.8) is 0 Å². The lowest BCUT2D eigenvalue weighted by molar-refractivity contribution is -0.144. The second-order valence-corrected chi connectivity index (χ2v) is 23.2. The Kier molecular flexibility index (Phi) is 19.5. The minimum Gasteiger partial charge on any atom is -0.379 e. The second kappa shape index (κ2) is 27.0. The van der Waals surface area contributed by atoms with E-state index >= 15 is 0 Å². The molecule has 4 atom stereocenters. The Morgan fingerprint density at radius 1 is 0.762 bits per heavy atom. The maximum atomic E-state index is 14.1. The van der Waals surface area contributed by atoms with Gasteiger partial charge in [-0.25, -0.2) is 15.0 Å². The van der Waals surface area contributed by atoms with Gasteiger partial charge in [-0.05, 0) is 78.1 Å². The van der Waals surface area contributed by atoms with Crippen LogP contribution in [0.3, 0.4) is 0 Å². The van der Waals surface area contributed by atoms with Crippen molar-refractivity contribution in [2.45, 2.75) is 84.6 Å². The van der Waals surface area contributed by atoms with Gasteiger partial charge in [0.25, 0.3) is 11.8 Å². The molecule has 18 nitrogen and oxygen atoms in total. The van der Waals surface area contributed by atoms with Gasteiger partial charge in [-0.3, -0.25) is 34.2 Å². The van der Waals surface area contributed by atoms with E-state index in [-0.39, 0.29) is 48.6 Å². The molecule has 2 unspecified atom stereocenters. The molecule has 3 aliphatic heterocycles. The molecular formula is C60H72N10O8S2. The molecule has 6 heterocycles. The summed E-state index contributed by atoms with van der Waals surface area (Å²) >= 11 is 2.93. The van der Waals surface area contributed by atoms with Crippen LogP contribution in [0.15, 0.2) is 108 Å². The molecule has 2 saturated heterocycles. The van der Waals surface area contributed by atoms with Gasteiger partial charge in [0.15, 0.2) is 5.13 Å². The van der Waals surface area contributed by atoms with Gasteiger partial charge in [0.05, 0.1) is 61.8 Å². The molecule has 0 spiro atoms. The van der Waals surface area contributed by atoms with Crippen molar-refractivity contribution in [1.82, 2.24) is 40.3 Å². The molecule has 5 amide bonds. The third-order valence-corrected chi connectivity index (χ3v) is 16.5. The van der Waals surface area contributed by atoms with Crippen molar-refractivity contribution in [1.29, 1.82) is 0 Å². The Bertz CT molecular complexity index is 3040. The SMILES string of the molecule is Cc1ncsc1-c1ccc([C@H](C)NC(=O)[C@@H]2CCCN2C(=O)C(NC(=O)CCOCCOCCOCCN2CCN(c3ccc(-c4ccc5c(c4)C(=O)N(C(C(=O)Nc4nccs4)c4ccccc4)C5)cn3)CC2)C(C)(C)C)cc1. The quantitative estimate of drug-likeness (QED) is 0.0494. The van der Waals surface area contributed by atoms with Crippen LogP contribution in [0.25, 0.3) is 21.6 Å². The van der Waals surface area contributed by atoms with Crippen LogP contribution in [0.1, 0.15) is 91.8 Å². The Hall–Kier alpha value is -6.94. The van der Waals surface area contributed by atoms with Crippen molar-refractivity contribution in [3.05, 3.63) is 136 Å². The number of anilines is 2. The van der Waals surface area contributed by atoms with Crippen molar-refractivity contribution >= 4 is 63.2 Å². The van der Waals surface area contributed by atoms with Crippen molar-refractivity contribution in [2.24, 2.45) is 5.41 Å². The second-order valence-electron chi connectivity index (χ2n) is 21.4. The molecule has 80 heavy (non-hydrogen) atoms. The summed E-state index contributed by atoms with van der Waals surface area (Å²) in [6.45, 7) is 17.0. The number of fused-ring (bicyclic) bond motifs is 1. The average Bonchev–Trinajstić information content (AvgIpc) is 4.33. The molecule has 3 aromatic carbocycles. The number of rotatable bonds is 24. The Morgan fingerprint density at radius 2 is 1.48 bits per heavy atom. The number of aromatic nitrogens is 3. The lowest BCUT2D eigenvalue weighted by Gasteiger charge is -2.35. The summed E-state index contributed by atoms with van der Waals surface area (Å²) in [5.41, 5.74) is 8.24. The number of nitrogens with zero attached hydrogens (tertiary/aromatic N) is 7. The molecule has 0 bridgehead atoms. The zero-order valence-electron chi connectivity index (χ0n) is 46.2. The van der Waals surface area contributed by atoms with Crippen molar-refractivity contribution in [2.75, 3.05) is 89.1 Å². The fourth-order valence-corrected chi connectivity index (χ4v) is 11.7. The molecule has 3 N–H and O–H groups in total. The van der Waals surface area contributed by atoms with Crippen LogP contribution >= 0.6 is 22.7 Å². The number of amides is 5. The smallest absolute Gasteiger partial charge is 0.255 e. The molecule has 20 heteroatoms. The van der Waals surface area contributed by atoms with Gasteiger partial charge in [0.2, 0.25) is 17.7 Å². The topological polar surface area (TPSA) is 201 Å². The van der Waals surface area contributed by atoms with Gasteiger partial charge in [0.1, 0.15) is 23.9 Å². The number of piperazine rings is 1. The molecule has 422 valence electrons. The highest BCUT2D eigenvalue weighted by molar-refractivity contribution is 7.14.